The number of carbonyl (C=O) groups is 1. The Hall–Kier alpha value is -2.33. The predicted molar refractivity (Wildman–Crippen MR) is 85.2 cm³/mol. The molecule has 0 N–H and O–H groups in total. The zero-order chi connectivity index (χ0) is 15.7. The van der Waals surface area contributed by atoms with Crippen LogP contribution in [0.3, 0.4) is 0 Å². The molecule has 5 heteroatoms. The number of pyridine rings is 1. The lowest BCUT2D eigenvalue weighted by molar-refractivity contribution is 0.0463. The number of fused-ring (bicyclic) bond motifs is 1. The summed E-state index contributed by atoms with van der Waals surface area (Å²) >= 11 is 5.84. The van der Waals surface area contributed by atoms with Gasteiger partial charge in [-0.3, -0.25) is 4.40 Å². The summed E-state index contributed by atoms with van der Waals surface area (Å²) in [6.45, 7) is 3.98. The SMILES string of the molecule is Cc1nc2c(C)cccn2c1C(=O)OCc1ccc(Cl)cc1. The number of imidazole rings is 1. The molecule has 22 heavy (non-hydrogen) atoms. The smallest absolute Gasteiger partial charge is 0.357 e. The van der Waals surface area contributed by atoms with E-state index in [2.05, 4.69) is 4.98 Å². The second-order valence-corrected chi connectivity index (χ2v) is 5.57. The topological polar surface area (TPSA) is 43.6 Å². The summed E-state index contributed by atoms with van der Waals surface area (Å²) in [6.07, 6.45) is 1.82. The van der Waals surface area contributed by atoms with Crippen LogP contribution in [-0.4, -0.2) is 15.4 Å². The zero-order valence-corrected chi connectivity index (χ0v) is 13.1. The van der Waals surface area contributed by atoms with E-state index in [-0.39, 0.29) is 12.6 Å². The van der Waals surface area contributed by atoms with Crippen molar-refractivity contribution in [2.75, 3.05) is 0 Å². The van der Waals surface area contributed by atoms with Crippen LogP contribution in [0.1, 0.15) is 27.3 Å². The number of halogens is 1. The summed E-state index contributed by atoms with van der Waals surface area (Å²) < 4.78 is 7.17. The summed E-state index contributed by atoms with van der Waals surface area (Å²) in [5.41, 5.74) is 3.81. The number of rotatable bonds is 3. The monoisotopic (exact) mass is 314 g/mol. The minimum Gasteiger partial charge on any atom is -0.456 e. The molecule has 0 aliphatic carbocycles. The molecule has 112 valence electrons. The van der Waals surface area contributed by atoms with E-state index in [1.807, 2.05) is 44.3 Å². The summed E-state index contributed by atoms with van der Waals surface area (Å²) in [7, 11) is 0. The van der Waals surface area contributed by atoms with Crippen molar-refractivity contribution in [3.63, 3.8) is 0 Å². The Bertz CT molecular complexity index is 838. The van der Waals surface area contributed by atoms with Crippen LogP contribution in [0.15, 0.2) is 42.6 Å². The Labute approximate surface area is 133 Å². The number of aromatic nitrogens is 2. The number of hydrogen-bond donors (Lipinski definition) is 0. The number of hydrogen-bond acceptors (Lipinski definition) is 3. The highest BCUT2D eigenvalue weighted by Gasteiger charge is 2.18. The molecule has 4 nitrogen and oxygen atoms in total. The van der Waals surface area contributed by atoms with Gasteiger partial charge in [-0.15, -0.1) is 0 Å². The molecule has 0 amide bonds. The third-order valence-corrected chi connectivity index (χ3v) is 3.75. The van der Waals surface area contributed by atoms with Gasteiger partial charge in [0.25, 0.3) is 0 Å². The van der Waals surface area contributed by atoms with E-state index in [0.717, 1.165) is 16.8 Å². The number of benzene rings is 1. The standard InChI is InChI=1S/C17H15ClN2O2/c1-11-4-3-9-20-15(12(2)19-16(11)20)17(21)22-10-13-5-7-14(18)8-6-13/h3-9H,10H2,1-2H3. The van der Waals surface area contributed by atoms with Crippen molar-refractivity contribution in [3.05, 3.63) is 70.1 Å². The Balaban J connectivity index is 1.85. The lowest BCUT2D eigenvalue weighted by Crippen LogP contribution is -2.10. The minimum atomic E-state index is -0.384. The van der Waals surface area contributed by atoms with Crippen LogP contribution in [0.2, 0.25) is 5.02 Å². The molecule has 0 unspecified atom stereocenters. The minimum absolute atomic E-state index is 0.203. The molecule has 3 rings (SSSR count). The largest absolute Gasteiger partial charge is 0.456 e. The molecule has 0 bridgehead atoms. The van der Waals surface area contributed by atoms with Gasteiger partial charge in [0, 0.05) is 11.2 Å². The van der Waals surface area contributed by atoms with E-state index >= 15 is 0 Å². The quantitative estimate of drug-likeness (QED) is 0.687. The van der Waals surface area contributed by atoms with E-state index in [0.29, 0.717) is 16.4 Å². The van der Waals surface area contributed by atoms with E-state index in [4.69, 9.17) is 16.3 Å². The fourth-order valence-corrected chi connectivity index (χ4v) is 2.49. The van der Waals surface area contributed by atoms with Gasteiger partial charge in [0.2, 0.25) is 0 Å². The lowest BCUT2D eigenvalue weighted by Gasteiger charge is -2.06. The zero-order valence-electron chi connectivity index (χ0n) is 12.3. The maximum atomic E-state index is 12.4. The normalized spacial score (nSPS) is 10.9. The molecule has 0 spiro atoms. The molecule has 0 fully saturated rings. The number of esters is 1. The highest BCUT2D eigenvalue weighted by molar-refractivity contribution is 6.30. The van der Waals surface area contributed by atoms with Crippen LogP contribution in [0.5, 0.6) is 0 Å². The molecule has 0 saturated heterocycles. The first-order valence-corrected chi connectivity index (χ1v) is 7.30. The van der Waals surface area contributed by atoms with Gasteiger partial charge in [-0.2, -0.15) is 0 Å². The van der Waals surface area contributed by atoms with Crippen LogP contribution >= 0.6 is 11.6 Å². The molecule has 0 saturated carbocycles. The van der Waals surface area contributed by atoms with E-state index < -0.39 is 0 Å². The van der Waals surface area contributed by atoms with Crippen molar-refractivity contribution < 1.29 is 9.53 Å². The molecule has 2 heterocycles. The maximum absolute atomic E-state index is 12.4. The van der Waals surface area contributed by atoms with Gasteiger partial charge in [0.1, 0.15) is 12.3 Å². The van der Waals surface area contributed by atoms with Crippen LogP contribution in [0.25, 0.3) is 5.65 Å². The lowest BCUT2D eigenvalue weighted by atomic mass is 10.2. The van der Waals surface area contributed by atoms with E-state index in [9.17, 15) is 4.79 Å². The number of aryl methyl sites for hydroxylation is 2. The number of ether oxygens (including phenoxy) is 1. The summed E-state index contributed by atoms with van der Waals surface area (Å²) in [4.78, 5) is 16.8. The van der Waals surface area contributed by atoms with Gasteiger partial charge in [-0.25, -0.2) is 9.78 Å². The Morgan fingerprint density at radius 3 is 2.68 bits per heavy atom. The molecule has 0 radical (unpaired) electrons. The number of carbonyl (C=O) groups excluding carboxylic acids is 1. The highest BCUT2D eigenvalue weighted by atomic mass is 35.5. The predicted octanol–water partition coefficient (Wildman–Crippen LogP) is 3.96. The average molecular weight is 315 g/mol. The van der Waals surface area contributed by atoms with Crippen molar-refractivity contribution in [2.45, 2.75) is 20.5 Å². The fourth-order valence-electron chi connectivity index (χ4n) is 2.36. The first-order valence-electron chi connectivity index (χ1n) is 6.92. The van der Waals surface area contributed by atoms with Crippen molar-refractivity contribution in [1.29, 1.82) is 0 Å². The second-order valence-electron chi connectivity index (χ2n) is 5.13. The van der Waals surface area contributed by atoms with Gasteiger partial charge in [-0.05, 0) is 43.2 Å². The number of nitrogens with zero attached hydrogens (tertiary/aromatic N) is 2. The Kier molecular flexibility index (Phi) is 3.86. The van der Waals surface area contributed by atoms with Crippen LogP contribution in [0, 0.1) is 13.8 Å². The summed E-state index contributed by atoms with van der Waals surface area (Å²) in [6, 6.07) is 11.1. The Morgan fingerprint density at radius 1 is 1.23 bits per heavy atom. The summed E-state index contributed by atoms with van der Waals surface area (Å²) in [5, 5.41) is 0.656. The van der Waals surface area contributed by atoms with Crippen LogP contribution in [0.4, 0.5) is 0 Å². The van der Waals surface area contributed by atoms with Gasteiger partial charge >= 0.3 is 5.97 Å². The molecular formula is C17H15ClN2O2. The molecule has 3 aromatic rings. The van der Waals surface area contributed by atoms with Crippen LogP contribution in [-0.2, 0) is 11.3 Å². The van der Waals surface area contributed by atoms with Gasteiger partial charge in [0.15, 0.2) is 5.69 Å². The summed E-state index contributed by atoms with van der Waals surface area (Å²) in [5.74, 6) is -0.384. The van der Waals surface area contributed by atoms with Crippen molar-refractivity contribution in [1.82, 2.24) is 9.38 Å². The molecule has 0 aliphatic heterocycles. The second kappa shape index (κ2) is 5.81. The third-order valence-electron chi connectivity index (χ3n) is 3.50. The van der Waals surface area contributed by atoms with Crippen molar-refractivity contribution in [2.24, 2.45) is 0 Å². The van der Waals surface area contributed by atoms with Crippen molar-refractivity contribution in [3.8, 4) is 0 Å². The molecule has 1 aromatic carbocycles. The van der Waals surface area contributed by atoms with Gasteiger partial charge < -0.3 is 4.74 Å². The van der Waals surface area contributed by atoms with E-state index in [1.54, 1.807) is 16.5 Å². The van der Waals surface area contributed by atoms with Gasteiger partial charge in [0.05, 0.1) is 5.69 Å². The van der Waals surface area contributed by atoms with E-state index in [1.165, 1.54) is 0 Å². The highest BCUT2D eigenvalue weighted by Crippen LogP contribution is 2.17. The molecule has 2 aromatic heterocycles. The average Bonchev–Trinajstić information content (AvgIpc) is 2.84. The van der Waals surface area contributed by atoms with Gasteiger partial charge in [-0.1, -0.05) is 29.8 Å². The van der Waals surface area contributed by atoms with Crippen molar-refractivity contribution >= 4 is 23.2 Å². The van der Waals surface area contributed by atoms with Crippen LogP contribution < -0.4 is 0 Å². The fraction of sp³-hybridized carbons (Fsp3) is 0.176. The molecule has 0 aliphatic rings. The molecular weight excluding hydrogens is 300 g/mol. The first-order chi connectivity index (χ1) is 10.6. The first kappa shape index (κ1) is 14.6. The molecule has 0 atom stereocenters. The Morgan fingerprint density at radius 2 is 1.95 bits per heavy atom. The third kappa shape index (κ3) is 2.70. The maximum Gasteiger partial charge on any atom is 0.357 e.